The Kier molecular flexibility index (Phi) is 8.88. The number of fused-ring (bicyclic) bond motifs is 1. The summed E-state index contributed by atoms with van der Waals surface area (Å²) >= 11 is 0. The van der Waals surface area contributed by atoms with Crippen molar-refractivity contribution in [3.8, 4) is 5.75 Å². The molecule has 1 atom stereocenters. The van der Waals surface area contributed by atoms with Crippen molar-refractivity contribution in [3.05, 3.63) is 34.9 Å². The van der Waals surface area contributed by atoms with Crippen LogP contribution in [0.5, 0.6) is 5.75 Å². The highest BCUT2D eigenvalue weighted by Crippen LogP contribution is 2.30. The molecule has 5 rings (SSSR count). The quantitative estimate of drug-likeness (QED) is 0.222. The van der Waals surface area contributed by atoms with Crippen LogP contribution in [-0.4, -0.2) is 103 Å². The number of aryl methyl sites for hydroxylation is 1. The fourth-order valence-corrected chi connectivity index (χ4v) is 6.22. The summed E-state index contributed by atoms with van der Waals surface area (Å²) in [4.78, 5) is 43.0. The molecule has 2 aromatic rings. The van der Waals surface area contributed by atoms with E-state index < -0.39 is 6.04 Å². The summed E-state index contributed by atoms with van der Waals surface area (Å²) in [6, 6.07) is 5.24. The maximum absolute atomic E-state index is 13.0. The second-order valence-corrected chi connectivity index (χ2v) is 11.2. The maximum Gasteiger partial charge on any atom is 0.255 e. The number of phenols is 1. The van der Waals surface area contributed by atoms with Crippen LogP contribution in [0, 0.1) is 0 Å². The molecule has 0 aromatic heterocycles. The van der Waals surface area contributed by atoms with Crippen LogP contribution in [0.25, 0.3) is 0 Å². The number of nitrogens with one attached hydrogen (secondary N) is 1. The van der Waals surface area contributed by atoms with Crippen molar-refractivity contribution >= 4 is 76.6 Å². The van der Waals surface area contributed by atoms with Gasteiger partial charge in [0.1, 0.15) is 37.4 Å². The van der Waals surface area contributed by atoms with E-state index in [2.05, 4.69) is 21.2 Å². The standard InChI is InChI=1S/C29H32B4N4O4/c30-22-24(32)27(39)25(33)23(31)26(22)36-14-12-35(13-15-36)11-4-2-1-3-6-17-7-5-8-18-19(17)16-37(29(18)41)20-9-10-21(38)34-28(20)40/h5,7-8,20,39H,1-4,6,9-16H2,(H,34,38,40). The highest BCUT2D eigenvalue weighted by molar-refractivity contribution is 6.61. The van der Waals surface area contributed by atoms with E-state index in [1.807, 2.05) is 12.1 Å². The molecule has 3 aliphatic rings. The van der Waals surface area contributed by atoms with Gasteiger partial charge < -0.3 is 14.9 Å². The van der Waals surface area contributed by atoms with Gasteiger partial charge in [-0.2, -0.15) is 0 Å². The van der Waals surface area contributed by atoms with Gasteiger partial charge in [-0.25, -0.2) is 0 Å². The minimum absolute atomic E-state index is 0.0628. The number of rotatable bonds is 9. The normalized spacial score (nSPS) is 19.5. The number of phenolic OH excluding ortho intramolecular Hbond substituents is 1. The highest BCUT2D eigenvalue weighted by Gasteiger charge is 2.39. The number of carbonyl (C=O) groups excluding carboxylic acids is 3. The number of hydrogen-bond acceptors (Lipinski definition) is 6. The maximum atomic E-state index is 13.0. The number of aromatic hydroxyl groups is 1. The van der Waals surface area contributed by atoms with E-state index in [4.69, 9.17) is 31.4 Å². The van der Waals surface area contributed by atoms with Crippen molar-refractivity contribution in [2.45, 2.75) is 57.5 Å². The van der Waals surface area contributed by atoms with Crippen LogP contribution in [0.2, 0.25) is 0 Å². The van der Waals surface area contributed by atoms with E-state index in [9.17, 15) is 19.5 Å². The molecule has 41 heavy (non-hydrogen) atoms. The summed E-state index contributed by atoms with van der Waals surface area (Å²) in [7, 11) is 24.1. The van der Waals surface area contributed by atoms with Crippen molar-refractivity contribution in [2.75, 3.05) is 37.6 Å². The molecular weight excluding hydrogens is 512 g/mol. The van der Waals surface area contributed by atoms with Gasteiger partial charge in [-0.05, 0) is 49.4 Å². The Balaban J connectivity index is 1.05. The smallest absolute Gasteiger partial charge is 0.255 e. The average Bonchev–Trinajstić information content (AvgIpc) is 3.30. The van der Waals surface area contributed by atoms with Gasteiger partial charge in [0.15, 0.2) is 0 Å². The Hall–Kier alpha value is -3.13. The van der Waals surface area contributed by atoms with E-state index >= 15 is 0 Å². The first-order valence-corrected chi connectivity index (χ1v) is 14.3. The van der Waals surface area contributed by atoms with Gasteiger partial charge in [-0.1, -0.05) is 46.8 Å². The van der Waals surface area contributed by atoms with Crippen molar-refractivity contribution in [2.24, 2.45) is 0 Å². The minimum Gasteiger partial charge on any atom is -0.509 e. The first kappa shape index (κ1) is 29.4. The Labute approximate surface area is 246 Å². The Morgan fingerprint density at radius 1 is 0.878 bits per heavy atom. The summed E-state index contributed by atoms with van der Waals surface area (Å²) in [5, 5.41) is 12.4. The topological polar surface area (TPSA) is 93.2 Å². The lowest BCUT2D eigenvalue weighted by Crippen LogP contribution is -2.53. The third kappa shape index (κ3) is 5.94. The molecule has 3 amide bonds. The Bertz CT molecular complexity index is 1330. The van der Waals surface area contributed by atoms with E-state index in [0.717, 1.165) is 76.0 Å². The fraction of sp³-hybridized carbons (Fsp3) is 0.483. The number of piperidine rings is 1. The lowest BCUT2D eigenvalue weighted by Gasteiger charge is -2.39. The summed E-state index contributed by atoms with van der Waals surface area (Å²) in [6.45, 7) is 4.65. The zero-order valence-corrected chi connectivity index (χ0v) is 23.3. The largest absolute Gasteiger partial charge is 0.509 e. The van der Waals surface area contributed by atoms with Crippen LogP contribution in [0.3, 0.4) is 0 Å². The molecule has 0 spiro atoms. The first-order valence-electron chi connectivity index (χ1n) is 14.3. The fourth-order valence-electron chi connectivity index (χ4n) is 6.22. The zero-order valence-electron chi connectivity index (χ0n) is 23.3. The van der Waals surface area contributed by atoms with Crippen molar-refractivity contribution in [1.29, 1.82) is 0 Å². The molecule has 2 saturated heterocycles. The number of imide groups is 1. The van der Waals surface area contributed by atoms with Gasteiger partial charge in [0, 0.05) is 50.4 Å². The second-order valence-electron chi connectivity index (χ2n) is 11.2. The van der Waals surface area contributed by atoms with E-state index in [0.29, 0.717) is 24.2 Å². The Morgan fingerprint density at radius 3 is 2.24 bits per heavy atom. The molecule has 3 heterocycles. The lowest BCUT2D eigenvalue weighted by atomic mass is 9.68. The number of piperazine rings is 1. The van der Waals surface area contributed by atoms with Gasteiger partial charge >= 0.3 is 0 Å². The van der Waals surface area contributed by atoms with Crippen molar-refractivity contribution in [1.82, 2.24) is 15.1 Å². The minimum atomic E-state index is -0.589. The molecule has 2 aromatic carbocycles. The number of hydrogen-bond donors (Lipinski definition) is 2. The third-order valence-electron chi connectivity index (χ3n) is 8.64. The van der Waals surface area contributed by atoms with Gasteiger partial charge in [0.05, 0.1) is 5.75 Å². The van der Waals surface area contributed by atoms with Crippen LogP contribution in [0.1, 0.15) is 60.0 Å². The molecule has 0 bridgehead atoms. The number of amides is 3. The Morgan fingerprint density at radius 2 is 1.56 bits per heavy atom. The van der Waals surface area contributed by atoms with Gasteiger partial charge in [0.25, 0.3) is 5.91 Å². The molecule has 2 fully saturated rings. The molecule has 2 N–H and O–H groups in total. The van der Waals surface area contributed by atoms with Crippen LogP contribution in [0.15, 0.2) is 18.2 Å². The predicted octanol–water partition coefficient (Wildman–Crippen LogP) is -1.75. The highest BCUT2D eigenvalue weighted by atomic mass is 16.3. The summed E-state index contributed by atoms with van der Waals surface area (Å²) in [5.74, 6) is -1.05. The summed E-state index contributed by atoms with van der Waals surface area (Å²) in [6.07, 6.45) is 5.84. The molecular formula is C29H32B4N4O4. The summed E-state index contributed by atoms with van der Waals surface area (Å²) < 4.78 is 0. The monoisotopic (exact) mass is 544 g/mol. The third-order valence-corrected chi connectivity index (χ3v) is 8.64. The van der Waals surface area contributed by atoms with E-state index in [1.165, 1.54) is 0 Å². The average molecular weight is 544 g/mol. The lowest BCUT2D eigenvalue weighted by molar-refractivity contribution is -0.136. The zero-order chi connectivity index (χ0) is 29.3. The molecule has 12 heteroatoms. The molecule has 0 saturated carbocycles. The number of anilines is 1. The molecule has 3 aliphatic heterocycles. The SMILES string of the molecule is [B]c1c([B])c(N2CCN(CCCCCCc3cccc4c3CN(C3CCC(=O)NC3=O)C4=O)CC2)c([B])c([B])c1O. The number of nitrogens with zero attached hydrogens (tertiary/aromatic N) is 3. The molecule has 8 nitrogen and oxygen atoms in total. The molecule has 0 aliphatic carbocycles. The predicted molar refractivity (Wildman–Crippen MR) is 163 cm³/mol. The van der Waals surface area contributed by atoms with Crippen LogP contribution < -0.4 is 32.1 Å². The summed E-state index contributed by atoms with van der Waals surface area (Å²) in [5.41, 5.74) is 4.11. The molecule has 1 unspecified atom stereocenters. The van der Waals surface area contributed by atoms with Gasteiger partial charge in [-0.3, -0.25) is 24.6 Å². The van der Waals surface area contributed by atoms with Gasteiger partial charge in [-0.15, -0.1) is 0 Å². The van der Waals surface area contributed by atoms with Crippen LogP contribution in [-0.2, 0) is 22.6 Å². The van der Waals surface area contributed by atoms with E-state index in [-0.39, 0.29) is 51.7 Å². The van der Waals surface area contributed by atoms with Gasteiger partial charge in [0.2, 0.25) is 11.8 Å². The number of carbonyl (C=O) groups is 3. The molecule has 204 valence electrons. The number of unbranched alkanes of at least 4 members (excludes halogenated alkanes) is 3. The van der Waals surface area contributed by atoms with Crippen LogP contribution in [0.4, 0.5) is 5.69 Å². The number of benzene rings is 2. The second kappa shape index (κ2) is 12.4. The first-order chi connectivity index (χ1) is 19.7. The van der Waals surface area contributed by atoms with Crippen molar-refractivity contribution in [3.63, 3.8) is 0 Å². The molecule has 8 radical (unpaired) electrons. The van der Waals surface area contributed by atoms with Crippen molar-refractivity contribution < 1.29 is 19.5 Å². The van der Waals surface area contributed by atoms with Crippen LogP contribution >= 0.6 is 0 Å². The van der Waals surface area contributed by atoms with E-state index in [1.54, 1.807) is 4.90 Å².